The molecule has 25 heavy (non-hydrogen) atoms. The summed E-state index contributed by atoms with van der Waals surface area (Å²) < 4.78 is 5.42. The standard InChI is InChI=1S/C19H29N3O3/c1-4-25-16-8-9-17(14(2)13-16)21-19(24)18(23)20-10-12-22-11-6-5-7-15(22)3/h8-9,13,15H,4-7,10-12H2,1-3H3,(H,20,23)(H,21,24). The van der Waals surface area contributed by atoms with E-state index in [1.54, 1.807) is 12.1 Å². The summed E-state index contributed by atoms with van der Waals surface area (Å²) in [6.45, 7) is 8.91. The summed E-state index contributed by atoms with van der Waals surface area (Å²) in [5, 5.41) is 5.36. The van der Waals surface area contributed by atoms with Crippen LogP contribution < -0.4 is 15.4 Å². The van der Waals surface area contributed by atoms with E-state index >= 15 is 0 Å². The summed E-state index contributed by atoms with van der Waals surface area (Å²) in [5.74, 6) is -0.491. The van der Waals surface area contributed by atoms with E-state index in [9.17, 15) is 9.59 Å². The quantitative estimate of drug-likeness (QED) is 0.775. The van der Waals surface area contributed by atoms with Crippen molar-refractivity contribution in [2.75, 3.05) is 31.6 Å². The van der Waals surface area contributed by atoms with E-state index < -0.39 is 11.8 Å². The van der Waals surface area contributed by atoms with Gasteiger partial charge in [-0.05, 0) is 63.9 Å². The zero-order chi connectivity index (χ0) is 18.2. The Morgan fingerprint density at radius 1 is 1.28 bits per heavy atom. The van der Waals surface area contributed by atoms with Gasteiger partial charge in [-0.15, -0.1) is 0 Å². The van der Waals surface area contributed by atoms with Crippen molar-refractivity contribution < 1.29 is 14.3 Å². The second-order valence-corrected chi connectivity index (χ2v) is 6.50. The minimum Gasteiger partial charge on any atom is -0.494 e. The van der Waals surface area contributed by atoms with Gasteiger partial charge >= 0.3 is 11.8 Å². The number of hydrogen-bond acceptors (Lipinski definition) is 4. The first-order valence-electron chi connectivity index (χ1n) is 9.08. The van der Waals surface area contributed by atoms with Gasteiger partial charge in [0, 0.05) is 24.8 Å². The van der Waals surface area contributed by atoms with E-state index in [0.29, 0.717) is 24.9 Å². The van der Waals surface area contributed by atoms with E-state index in [1.807, 2.05) is 19.9 Å². The van der Waals surface area contributed by atoms with Crippen LogP contribution in [0.4, 0.5) is 5.69 Å². The van der Waals surface area contributed by atoms with Crippen LogP contribution in [-0.2, 0) is 9.59 Å². The van der Waals surface area contributed by atoms with Gasteiger partial charge in [0.15, 0.2) is 0 Å². The van der Waals surface area contributed by atoms with Crippen LogP contribution in [0.15, 0.2) is 18.2 Å². The fraction of sp³-hybridized carbons (Fsp3) is 0.579. The van der Waals surface area contributed by atoms with Crippen LogP contribution in [0.1, 0.15) is 38.7 Å². The molecule has 138 valence electrons. The third-order valence-corrected chi connectivity index (χ3v) is 4.59. The lowest BCUT2D eigenvalue weighted by Gasteiger charge is -2.33. The number of nitrogens with zero attached hydrogens (tertiary/aromatic N) is 1. The first-order valence-corrected chi connectivity index (χ1v) is 9.08. The van der Waals surface area contributed by atoms with Crippen molar-refractivity contribution in [3.05, 3.63) is 23.8 Å². The third-order valence-electron chi connectivity index (χ3n) is 4.59. The zero-order valence-corrected chi connectivity index (χ0v) is 15.4. The smallest absolute Gasteiger partial charge is 0.313 e. The zero-order valence-electron chi connectivity index (χ0n) is 15.4. The van der Waals surface area contributed by atoms with Gasteiger partial charge in [-0.3, -0.25) is 14.5 Å². The number of hydrogen-bond donors (Lipinski definition) is 2. The molecule has 1 heterocycles. The molecule has 0 radical (unpaired) electrons. The number of nitrogens with one attached hydrogen (secondary N) is 2. The normalized spacial score (nSPS) is 17.8. The van der Waals surface area contributed by atoms with Crippen LogP contribution in [-0.4, -0.2) is 49.0 Å². The number of anilines is 1. The minimum atomic E-state index is -0.640. The average Bonchev–Trinajstić information content (AvgIpc) is 2.59. The summed E-state index contributed by atoms with van der Waals surface area (Å²) in [6, 6.07) is 5.92. The highest BCUT2D eigenvalue weighted by Gasteiger charge is 2.19. The second-order valence-electron chi connectivity index (χ2n) is 6.50. The Hall–Kier alpha value is -2.08. The Balaban J connectivity index is 1.79. The van der Waals surface area contributed by atoms with Crippen molar-refractivity contribution in [2.45, 2.75) is 46.1 Å². The van der Waals surface area contributed by atoms with E-state index in [4.69, 9.17) is 4.74 Å². The minimum absolute atomic E-state index is 0.485. The van der Waals surface area contributed by atoms with E-state index in [-0.39, 0.29) is 0 Å². The molecular formula is C19H29N3O3. The summed E-state index contributed by atoms with van der Waals surface area (Å²) in [6.07, 6.45) is 3.68. The van der Waals surface area contributed by atoms with Crippen molar-refractivity contribution >= 4 is 17.5 Å². The van der Waals surface area contributed by atoms with E-state index in [1.165, 1.54) is 19.3 Å². The summed E-state index contributed by atoms with van der Waals surface area (Å²) in [5.41, 5.74) is 1.47. The predicted molar refractivity (Wildman–Crippen MR) is 98.9 cm³/mol. The SMILES string of the molecule is CCOc1ccc(NC(=O)C(=O)NCCN2CCCCC2C)c(C)c1. The first-order chi connectivity index (χ1) is 12.0. The van der Waals surface area contributed by atoms with Gasteiger partial charge in [0.1, 0.15) is 5.75 Å². The van der Waals surface area contributed by atoms with Gasteiger partial charge in [0.05, 0.1) is 6.61 Å². The maximum Gasteiger partial charge on any atom is 0.313 e. The molecule has 0 bridgehead atoms. The van der Waals surface area contributed by atoms with Crippen LogP contribution in [0.3, 0.4) is 0 Å². The van der Waals surface area contributed by atoms with Gasteiger partial charge in [-0.25, -0.2) is 0 Å². The Labute approximate surface area is 149 Å². The number of likely N-dealkylation sites (tertiary alicyclic amines) is 1. The molecule has 1 aromatic carbocycles. The molecule has 1 saturated heterocycles. The molecule has 1 aromatic rings. The maximum atomic E-state index is 12.1. The average molecular weight is 347 g/mol. The molecule has 2 rings (SSSR count). The van der Waals surface area contributed by atoms with Crippen molar-refractivity contribution in [1.29, 1.82) is 0 Å². The van der Waals surface area contributed by atoms with Crippen molar-refractivity contribution in [2.24, 2.45) is 0 Å². The number of aryl methyl sites for hydroxylation is 1. The Morgan fingerprint density at radius 3 is 2.76 bits per heavy atom. The number of rotatable bonds is 6. The Morgan fingerprint density at radius 2 is 2.08 bits per heavy atom. The molecule has 2 N–H and O–H groups in total. The number of carbonyl (C=O) groups excluding carboxylic acids is 2. The topological polar surface area (TPSA) is 70.7 Å². The number of piperidine rings is 1. The summed E-state index contributed by atoms with van der Waals surface area (Å²) >= 11 is 0. The number of benzene rings is 1. The van der Waals surface area contributed by atoms with Gasteiger partial charge in [-0.1, -0.05) is 6.42 Å². The molecule has 1 fully saturated rings. The Bertz CT molecular complexity index is 604. The highest BCUT2D eigenvalue weighted by molar-refractivity contribution is 6.39. The van der Waals surface area contributed by atoms with Crippen molar-refractivity contribution in [3.8, 4) is 5.75 Å². The number of amides is 2. The highest BCUT2D eigenvalue weighted by atomic mass is 16.5. The van der Waals surface area contributed by atoms with Crippen molar-refractivity contribution in [1.82, 2.24) is 10.2 Å². The van der Waals surface area contributed by atoms with Crippen LogP contribution in [0.25, 0.3) is 0 Å². The van der Waals surface area contributed by atoms with E-state index in [0.717, 1.165) is 24.4 Å². The molecule has 0 saturated carbocycles. The third kappa shape index (κ3) is 5.74. The maximum absolute atomic E-state index is 12.1. The van der Waals surface area contributed by atoms with Gasteiger partial charge in [-0.2, -0.15) is 0 Å². The van der Waals surface area contributed by atoms with E-state index in [2.05, 4.69) is 22.5 Å². The fourth-order valence-corrected chi connectivity index (χ4v) is 3.10. The number of ether oxygens (including phenoxy) is 1. The molecule has 2 amide bonds. The lowest BCUT2D eigenvalue weighted by molar-refractivity contribution is -0.136. The largest absolute Gasteiger partial charge is 0.494 e. The van der Waals surface area contributed by atoms with Crippen LogP contribution in [0, 0.1) is 6.92 Å². The lowest BCUT2D eigenvalue weighted by Crippen LogP contribution is -2.44. The predicted octanol–water partition coefficient (Wildman–Crippen LogP) is 2.32. The second kappa shape index (κ2) is 9.42. The van der Waals surface area contributed by atoms with Crippen LogP contribution in [0.2, 0.25) is 0 Å². The summed E-state index contributed by atoms with van der Waals surface area (Å²) in [4.78, 5) is 26.4. The summed E-state index contributed by atoms with van der Waals surface area (Å²) in [7, 11) is 0. The van der Waals surface area contributed by atoms with Gasteiger partial charge < -0.3 is 15.4 Å². The molecule has 1 unspecified atom stereocenters. The Kier molecular flexibility index (Phi) is 7.25. The van der Waals surface area contributed by atoms with Crippen molar-refractivity contribution in [3.63, 3.8) is 0 Å². The highest BCUT2D eigenvalue weighted by Crippen LogP contribution is 2.21. The molecule has 1 aliphatic heterocycles. The molecule has 1 atom stereocenters. The van der Waals surface area contributed by atoms with Gasteiger partial charge in [0.2, 0.25) is 0 Å². The number of carbonyl (C=O) groups is 2. The molecule has 0 aromatic heterocycles. The fourth-order valence-electron chi connectivity index (χ4n) is 3.10. The first kappa shape index (κ1) is 19.2. The van der Waals surface area contributed by atoms with Crippen LogP contribution in [0.5, 0.6) is 5.75 Å². The molecule has 6 nitrogen and oxygen atoms in total. The molecule has 6 heteroatoms. The molecule has 0 aliphatic carbocycles. The molecule has 0 spiro atoms. The lowest BCUT2D eigenvalue weighted by atomic mass is 10.0. The van der Waals surface area contributed by atoms with Crippen LogP contribution >= 0.6 is 0 Å². The monoisotopic (exact) mass is 347 g/mol. The van der Waals surface area contributed by atoms with Gasteiger partial charge in [0.25, 0.3) is 0 Å². The molecule has 1 aliphatic rings. The molecular weight excluding hydrogens is 318 g/mol.